The Balaban J connectivity index is 2.15. The molecule has 0 fully saturated rings. The van der Waals surface area contributed by atoms with Crippen LogP contribution in [-0.2, 0) is 4.79 Å². The highest BCUT2D eigenvalue weighted by Crippen LogP contribution is 2.39. The molecule has 2 aliphatic heterocycles. The molecular weight excluding hydrogens is 394 g/mol. The number of nitrogens with two attached hydrogens (primary N) is 1. The number of aliphatic imine (C=N–C) groups is 1. The number of guanidine groups is 1. The molecule has 2 aliphatic rings. The molecule has 0 saturated heterocycles. The normalized spacial score (nSPS) is 24.8. The zero-order chi connectivity index (χ0) is 14.4. The van der Waals surface area contributed by atoms with Gasteiger partial charge in [0, 0.05) is 17.7 Å². The van der Waals surface area contributed by atoms with Crippen molar-refractivity contribution in [2.45, 2.75) is 12.0 Å². The third-order valence-electron chi connectivity index (χ3n) is 3.15. The van der Waals surface area contributed by atoms with E-state index in [0.29, 0.717) is 20.3 Å². The quantitative estimate of drug-likeness (QED) is 0.554. The highest BCUT2D eigenvalue weighted by molar-refractivity contribution is 9.13. The fourth-order valence-corrected chi connectivity index (χ4v) is 3.27. The Bertz CT molecular complexity index is 679. The molecule has 0 aliphatic carbocycles. The van der Waals surface area contributed by atoms with Crippen LogP contribution in [0.15, 0.2) is 26.3 Å². The second kappa shape index (κ2) is 4.74. The minimum Gasteiger partial charge on any atom is -0.370 e. The zero-order valence-corrected chi connectivity index (χ0v) is 13.1. The Morgan fingerprint density at radius 1 is 1.30 bits per heavy atom. The van der Waals surface area contributed by atoms with Crippen molar-refractivity contribution in [1.29, 1.82) is 0 Å². The lowest BCUT2D eigenvalue weighted by atomic mass is 9.92. The van der Waals surface area contributed by atoms with E-state index in [0.717, 1.165) is 0 Å². The first kappa shape index (κ1) is 13.4. The second-order valence-corrected chi connectivity index (χ2v) is 5.93. The molecule has 5 N–H and O–H groups in total. The summed E-state index contributed by atoms with van der Waals surface area (Å²) in [5.74, 6) is -0.881. The van der Waals surface area contributed by atoms with Gasteiger partial charge in [0.25, 0.3) is 11.8 Å². The Morgan fingerprint density at radius 3 is 2.70 bits per heavy atom. The summed E-state index contributed by atoms with van der Waals surface area (Å²) in [6, 6.07) is -0.698. The summed E-state index contributed by atoms with van der Waals surface area (Å²) in [4.78, 5) is 30.9. The molecule has 3 heterocycles. The number of rotatable bonds is 1. The maximum absolute atomic E-state index is 12.0. The minimum absolute atomic E-state index is 0.0872. The van der Waals surface area contributed by atoms with Crippen molar-refractivity contribution in [2.24, 2.45) is 10.7 Å². The third-order valence-corrected chi connectivity index (χ3v) is 5.10. The largest absolute Gasteiger partial charge is 0.370 e. The molecule has 3 rings (SSSR count). The predicted molar refractivity (Wildman–Crippen MR) is 79.1 cm³/mol. The van der Waals surface area contributed by atoms with Crippen LogP contribution in [0.3, 0.4) is 0 Å². The van der Waals surface area contributed by atoms with Crippen LogP contribution in [-0.4, -0.2) is 28.8 Å². The predicted octanol–water partition coefficient (Wildman–Crippen LogP) is 0.694. The topological polar surface area (TPSA) is 112 Å². The molecule has 2 unspecified atom stereocenters. The first-order valence-corrected chi connectivity index (χ1v) is 7.26. The molecule has 104 valence electrons. The van der Waals surface area contributed by atoms with Gasteiger partial charge in [0.1, 0.15) is 11.7 Å². The van der Waals surface area contributed by atoms with Crippen molar-refractivity contribution < 1.29 is 9.59 Å². The highest BCUT2D eigenvalue weighted by atomic mass is 79.9. The van der Waals surface area contributed by atoms with Gasteiger partial charge in [-0.2, -0.15) is 0 Å². The monoisotopic (exact) mass is 401 g/mol. The summed E-state index contributed by atoms with van der Waals surface area (Å²) in [6.07, 6.45) is 3.24. The molecular formula is C11H9Br2N5O2. The molecule has 20 heavy (non-hydrogen) atoms. The van der Waals surface area contributed by atoms with Crippen LogP contribution in [0.2, 0.25) is 0 Å². The van der Waals surface area contributed by atoms with Crippen molar-refractivity contribution in [3.63, 3.8) is 0 Å². The fourth-order valence-electron chi connectivity index (χ4n) is 2.30. The number of carbonyl (C=O) groups is 2. The number of carbonyl (C=O) groups excluding carboxylic acids is 2. The van der Waals surface area contributed by atoms with Gasteiger partial charge < -0.3 is 16.0 Å². The summed E-state index contributed by atoms with van der Waals surface area (Å²) < 4.78 is 1.32. The van der Waals surface area contributed by atoms with Gasteiger partial charge in [-0.25, -0.2) is 4.99 Å². The lowest BCUT2D eigenvalue weighted by Crippen LogP contribution is -2.34. The standard InChI is InChI=1S/C11H9Br2N5O2/c12-5-4-3(6-10(20)18-11(14)17-6)1-2-15-9(19)7(4)16-8(5)13/h1-3,6,16H,(H,15,19)(H3,14,17,18,20). The summed E-state index contributed by atoms with van der Waals surface area (Å²) in [6.45, 7) is 0. The van der Waals surface area contributed by atoms with E-state index in [1.807, 2.05) is 0 Å². The van der Waals surface area contributed by atoms with Crippen molar-refractivity contribution in [3.8, 4) is 0 Å². The first-order valence-electron chi connectivity index (χ1n) is 5.67. The zero-order valence-electron chi connectivity index (χ0n) is 9.91. The summed E-state index contributed by atoms with van der Waals surface area (Å²) in [5, 5.41) is 5.08. The molecule has 0 radical (unpaired) electrons. The van der Waals surface area contributed by atoms with Crippen LogP contribution in [0.1, 0.15) is 22.0 Å². The first-order chi connectivity index (χ1) is 9.49. The Labute approximate surface area is 130 Å². The number of H-pyrrole nitrogens is 1. The summed E-state index contributed by atoms with van der Waals surface area (Å²) >= 11 is 6.74. The van der Waals surface area contributed by atoms with E-state index in [9.17, 15) is 9.59 Å². The molecule has 0 bridgehead atoms. The maximum Gasteiger partial charge on any atom is 0.271 e. The number of hydrogen-bond acceptors (Lipinski definition) is 4. The number of nitrogens with one attached hydrogen (secondary N) is 3. The van der Waals surface area contributed by atoms with Crippen LogP contribution in [0, 0.1) is 0 Å². The molecule has 0 saturated carbocycles. The average Bonchev–Trinajstić information content (AvgIpc) is 2.81. The number of amides is 2. The molecule has 0 aromatic carbocycles. The number of hydrogen-bond donors (Lipinski definition) is 4. The number of aromatic amines is 1. The lowest BCUT2D eigenvalue weighted by Gasteiger charge is -2.15. The molecule has 9 heteroatoms. The second-order valence-electron chi connectivity index (χ2n) is 4.35. The van der Waals surface area contributed by atoms with E-state index in [1.54, 1.807) is 6.08 Å². The van der Waals surface area contributed by atoms with E-state index >= 15 is 0 Å². The molecule has 1 aromatic rings. The van der Waals surface area contributed by atoms with Crippen LogP contribution >= 0.6 is 31.9 Å². The van der Waals surface area contributed by atoms with E-state index in [-0.39, 0.29) is 17.8 Å². The molecule has 1 aromatic heterocycles. The minimum atomic E-state index is -0.698. The van der Waals surface area contributed by atoms with Gasteiger partial charge in [0.2, 0.25) is 0 Å². The van der Waals surface area contributed by atoms with Gasteiger partial charge in [0.15, 0.2) is 5.96 Å². The van der Waals surface area contributed by atoms with Gasteiger partial charge in [-0.15, -0.1) is 0 Å². The van der Waals surface area contributed by atoms with Gasteiger partial charge in [-0.05, 0) is 31.9 Å². The van der Waals surface area contributed by atoms with Gasteiger partial charge >= 0.3 is 0 Å². The van der Waals surface area contributed by atoms with Crippen LogP contribution in [0.25, 0.3) is 0 Å². The molecule has 2 atom stereocenters. The highest BCUT2D eigenvalue weighted by Gasteiger charge is 2.38. The fraction of sp³-hybridized carbons (Fsp3) is 0.182. The summed E-state index contributed by atoms with van der Waals surface area (Å²) in [5.41, 5.74) is 6.58. The van der Waals surface area contributed by atoms with Crippen molar-refractivity contribution in [2.75, 3.05) is 0 Å². The van der Waals surface area contributed by atoms with E-state index in [4.69, 9.17) is 5.73 Å². The van der Waals surface area contributed by atoms with E-state index < -0.39 is 12.0 Å². The summed E-state index contributed by atoms with van der Waals surface area (Å²) in [7, 11) is 0. The Hall–Kier alpha value is -1.61. The number of fused-ring (bicyclic) bond motifs is 1. The molecule has 2 amide bonds. The maximum atomic E-state index is 12.0. The number of nitrogens with zero attached hydrogens (tertiary/aromatic N) is 1. The van der Waals surface area contributed by atoms with Crippen molar-refractivity contribution in [1.82, 2.24) is 15.6 Å². The average molecular weight is 403 g/mol. The van der Waals surface area contributed by atoms with Gasteiger partial charge in [-0.1, -0.05) is 6.08 Å². The van der Waals surface area contributed by atoms with Crippen LogP contribution in [0.4, 0.5) is 0 Å². The van der Waals surface area contributed by atoms with E-state index in [1.165, 1.54) is 6.20 Å². The van der Waals surface area contributed by atoms with Crippen LogP contribution < -0.4 is 16.4 Å². The van der Waals surface area contributed by atoms with Gasteiger partial charge in [-0.3, -0.25) is 14.9 Å². The number of aromatic nitrogens is 1. The SMILES string of the molecule is NC1=NC(C2C=CNC(=O)c3[nH]c(Br)c(Br)c32)C(=O)N1. The van der Waals surface area contributed by atoms with Gasteiger partial charge in [0.05, 0.1) is 9.08 Å². The third kappa shape index (κ3) is 1.97. The molecule has 0 spiro atoms. The Morgan fingerprint density at radius 2 is 2.05 bits per heavy atom. The Kier molecular flexibility index (Phi) is 3.17. The lowest BCUT2D eigenvalue weighted by molar-refractivity contribution is -0.120. The van der Waals surface area contributed by atoms with E-state index in [2.05, 4.69) is 52.5 Å². The van der Waals surface area contributed by atoms with Crippen LogP contribution in [0.5, 0.6) is 0 Å². The smallest absolute Gasteiger partial charge is 0.271 e. The molecule has 7 nitrogen and oxygen atoms in total. The van der Waals surface area contributed by atoms with Crippen molar-refractivity contribution in [3.05, 3.63) is 32.6 Å². The van der Waals surface area contributed by atoms with Crippen molar-refractivity contribution >= 4 is 49.6 Å². The number of halogens is 2.